The fraction of sp³-hybridized carbons (Fsp3) is 0.342. The molecule has 0 atom stereocenters. The van der Waals surface area contributed by atoms with Crippen molar-refractivity contribution in [3.05, 3.63) is 327 Å². The highest BCUT2D eigenvalue weighted by Crippen LogP contribution is 2.45. The molecule has 5 fully saturated rings. The van der Waals surface area contributed by atoms with Crippen LogP contribution in [0.25, 0.3) is 111 Å². The molecule has 5 nitrogen and oxygen atoms in total. The first-order valence-electron chi connectivity index (χ1n) is 45.3. The fourth-order valence-corrected chi connectivity index (χ4v) is 21.6. The van der Waals surface area contributed by atoms with E-state index in [1.165, 1.54) is 289 Å². The van der Waals surface area contributed by atoms with E-state index in [0.717, 1.165) is 29.6 Å². The van der Waals surface area contributed by atoms with E-state index in [1.54, 1.807) is 27.8 Å². The molecule has 5 heteroatoms. The van der Waals surface area contributed by atoms with Crippen molar-refractivity contribution in [1.29, 1.82) is 0 Å². The predicted octanol–water partition coefficient (Wildman–Crippen LogP) is 27.7. The first-order chi connectivity index (χ1) is 57.9. The number of pyridine rings is 5. The van der Waals surface area contributed by atoms with Gasteiger partial charge in [-0.1, -0.05) is 208 Å². The minimum atomic E-state index is 0.719. The summed E-state index contributed by atoms with van der Waals surface area (Å²) in [7, 11) is 11.0. The average Bonchev–Trinajstić information content (AvgIpc) is 1.98. The Morgan fingerprint density at radius 3 is 0.840 bits per heavy atom. The van der Waals surface area contributed by atoms with Crippen LogP contribution in [0.2, 0.25) is 0 Å². The standard InChI is InChI=1S/C24H28N.2C23H26N.2C22H24N/c1-16-13-17(2)18(3)21(14-16)24-15-22(19-9-5-6-10-19)20-11-7-8-12-23(20)25(24)4;1-16-12-13-17(2)20(14-16)23-15-21(18-8-4-5-9-18)19-10-6-7-11-22(19)24(23)3;1-16-11-12-17(2)21(15-16)23-14-13-20-19(18-7-4-5-8-18)9-6-10-22(20)24(23)3;1-16-9-3-6-12-18(16)22-15-20(17-10-4-5-11-17)19-13-7-8-14-21(19)23(22)2;1-16-8-3-6-11-18(16)22-15-14-20-19(17-9-4-5-10-17)12-7-13-21(20)23(22)2/h7-8,11-15,19H,5-6,9-10H2,1-4H3;6-7,10-15,18H,4-5,8-9H2,1-3H3;6,9-15,18H,4-5,7-8H2,1-3H3;3,6-9,12-15,17H,4-5,10-11H2,1-2H3;3,6-8,11-15,17H,4-5,9-10H2,1-2H3/q5*+1. The van der Waals surface area contributed by atoms with E-state index >= 15 is 0 Å². The van der Waals surface area contributed by atoms with Crippen LogP contribution in [0.1, 0.15) is 236 Å². The van der Waals surface area contributed by atoms with E-state index in [-0.39, 0.29) is 0 Å². The molecule has 10 aromatic carbocycles. The van der Waals surface area contributed by atoms with Gasteiger partial charge in [-0.25, -0.2) is 0 Å². The summed E-state index contributed by atoms with van der Waals surface area (Å²) in [5, 5.41) is 7.16. The van der Waals surface area contributed by atoms with Gasteiger partial charge in [-0.3, -0.25) is 0 Å². The smallest absolute Gasteiger partial charge is 0.194 e. The lowest BCUT2D eigenvalue weighted by Crippen LogP contribution is -2.33. The quantitative estimate of drug-likeness (QED) is 0.122. The zero-order chi connectivity index (χ0) is 82.5. The third kappa shape index (κ3) is 17.1. The number of aromatic nitrogens is 5. The van der Waals surface area contributed by atoms with Crippen LogP contribution in [-0.4, -0.2) is 0 Å². The molecule has 0 radical (unpaired) electrons. The maximum atomic E-state index is 2.49. The molecule has 5 heterocycles. The topological polar surface area (TPSA) is 19.4 Å². The Balaban J connectivity index is 0.000000111. The van der Waals surface area contributed by atoms with Gasteiger partial charge in [-0.15, -0.1) is 0 Å². The monoisotopic (exact) mass is 1570 g/mol. The molecule has 0 saturated heterocycles. The first-order valence-corrected chi connectivity index (χ1v) is 45.3. The minimum Gasteiger partial charge on any atom is -0.194 e. The zero-order valence-corrected chi connectivity index (χ0v) is 73.9. The van der Waals surface area contributed by atoms with Crippen LogP contribution in [0, 0.1) is 62.3 Å². The number of aryl methyl sites for hydroxylation is 13. The lowest BCUT2D eigenvalue weighted by Gasteiger charge is -2.16. The molecular formula is C114H128N5+5. The highest BCUT2D eigenvalue weighted by Gasteiger charge is 2.32. The summed E-state index contributed by atoms with van der Waals surface area (Å²) in [6.07, 6.45) is 27.2. The predicted molar refractivity (Wildman–Crippen MR) is 501 cm³/mol. The van der Waals surface area contributed by atoms with Gasteiger partial charge in [0.05, 0.1) is 0 Å². The largest absolute Gasteiger partial charge is 0.213 e. The van der Waals surface area contributed by atoms with Crippen LogP contribution in [0.3, 0.4) is 0 Å². The van der Waals surface area contributed by atoms with Crippen LogP contribution in [0.5, 0.6) is 0 Å². The number of nitrogens with zero attached hydrogens (tertiary/aromatic N) is 5. The molecule has 5 aliphatic carbocycles. The van der Waals surface area contributed by atoms with Gasteiger partial charge in [0.2, 0.25) is 56.1 Å². The number of para-hydroxylation sites is 3. The van der Waals surface area contributed by atoms with Gasteiger partial charge in [0, 0.05) is 115 Å². The molecule has 0 bridgehead atoms. The number of hydrogen-bond acceptors (Lipinski definition) is 0. The van der Waals surface area contributed by atoms with E-state index in [1.807, 2.05) is 0 Å². The molecule has 0 spiro atoms. The van der Waals surface area contributed by atoms with Gasteiger partial charge < -0.3 is 0 Å². The second kappa shape index (κ2) is 36.5. The summed E-state index contributed by atoms with van der Waals surface area (Å²) >= 11 is 0. The van der Waals surface area contributed by atoms with E-state index < -0.39 is 0 Å². The van der Waals surface area contributed by atoms with Crippen LogP contribution in [0.15, 0.2) is 249 Å². The second-order valence-corrected chi connectivity index (χ2v) is 36.2. The minimum absolute atomic E-state index is 0.719. The number of benzene rings is 10. The number of rotatable bonds is 10. The van der Waals surface area contributed by atoms with Crippen molar-refractivity contribution >= 4 is 54.5 Å². The molecule has 0 N–H and O–H groups in total. The van der Waals surface area contributed by atoms with Crippen molar-refractivity contribution in [2.45, 2.75) is 220 Å². The van der Waals surface area contributed by atoms with E-state index in [9.17, 15) is 0 Å². The lowest BCUT2D eigenvalue weighted by molar-refractivity contribution is -0.633. The van der Waals surface area contributed by atoms with Gasteiger partial charge in [0.15, 0.2) is 0 Å². The van der Waals surface area contributed by atoms with Crippen LogP contribution >= 0.6 is 0 Å². The van der Waals surface area contributed by atoms with Crippen molar-refractivity contribution in [3.8, 4) is 56.3 Å². The van der Waals surface area contributed by atoms with Gasteiger partial charge in [0.1, 0.15) is 35.2 Å². The zero-order valence-electron chi connectivity index (χ0n) is 73.9. The summed E-state index contributed by atoms with van der Waals surface area (Å²) in [5.41, 5.74) is 40.0. The Kier molecular flexibility index (Phi) is 25.1. The summed E-state index contributed by atoms with van der Waals surface area (Å²) in [4.78, 5) is 0. The second-order valence-electron chi connectivity index (χ2n) is 36.2. The average molecular weight is 1570 g/mol. The molecule has 604 valence electrons. The molecule has 5 aliphatic rings. The normalized spacial score (nSPS) is 15.3. The lowest BCUT2D eigenvalue weighted by atomic mass is 9.90. The number of fused-ring (bicyclic) bond motifs is 5. The summed E-state index contributed by atoms with van der Waals surface area (Å²) in [5.74, 6) is 3.67. The highest BCUT2D eigenvalue weighted by atomic mass is 15.0. The number of hydrogen-bond donors (Lipinski definition) is 0. The maximum Gasteiger partial charge on any atom is 0.213 e. The molecular weight excluding hydrogens is 1440 g/mol. The molecule has 0 unspecified atom stereocenters. The third-order valence-electron chi connectivity index (χ3n) is 28.4. The van der Waals surface area contributed by atoms with Gasteiger partial charge in [-0.2, -0.15) is 22.8 Å². The summed E-state index contributed by atoms with van der Waals surface area (Å²) in [6, 6.07) is 92.6. The van der Waals surface area contributed by atoms with Crippen molar-refractivity contribution in [2.75, 3.05) is 0 Å². The molecule has 5 saturated carbocycles. The van der Waals surface area contributed by atoms with Gasteiger partial charge in [-0.05, 0) is 278 Å². The molecule has 5 aromatic heterocycles. The molecule has 119 heavy (non-hydrogen) atoms. The maximum absolute atomic E-state index is 2.49. The van der Waals surface area contributed by atoms with Crippen LogP contribution in [0.4, 0.5) is 0 Å². The van der Waals surface area contributed by atoms with Crippen molar-refractivity contribution in [3.63, 3.8) is 0 Å². The third-order valence-corrected chi connectivity index (χ3v) is 28.4. The summed E-state index contributed by atoms with van der Waals surface area (Å²) < 4.78 is 11.8. The molecule has 15 aromatic rings. The van der Waals surface area contributed by atoms with E-state index in [2.05, 4.69) is 369 Å². The highest BCUT2D eigenvalue weighted by molar-refractivity contribution is 5.87. The van der Waals surface area contributed by atoms with Gasteiger partial charge >= 0.3 is 0 Å². The molecule has 0 amide bonds. The first kappa shape index (κ1) is 82.0. The van der Waals surface area contributed by atoms with Crippen molar-refractivity contribution < 1.29 is 22.8 Å². The Morgan fingerprint density at radius 1 is 0.193 bits per heavy atom. The Labute approximate surface area is 711 Å². The Morgan fingerprint density at radius 2 is 0.462 bits per heavy atom. The SMILES string of the molecule is Cc1cc(C)c(C)c(-c2cc(C3CCCC3)c3ccccc3[n+]2C)c1.Cc1ccc(C)c(-c2cc(C3CCCC3)c3ccccc3[n+]2C)c1.Cc1ccc(C)c(-c2ccc3c(C4CCCC4)cccc3[n+]2C)c1.Cc1ccccc1-c1cc(C2CCCC2)c2ccccc2[n+]1C.Cc1ccccc1-c1ccc2c(C3CCCC3)cccc2[n+]1C. The Bertz CT molecular complexity index is 6180. The van der Waals surface area contributed by atoms with Crippen LogP contribution < -0.4 is 22.8 Å². The van der Waals surface area contributed by atoms with Gasteiger partial charge in [0.25, 0.3) is 0 Å². The molecule has 0 aliphatic heterocycles. The van der Waals surface area contributed by atoms with E-state index in [0.29, 0.717) is 0 Å². The van der Waals surface area contributed by atoms with Crippen molar-refractivity contribution in [2.24, 2.45) is 35.2 Å². The Hall–Kier alpha value is -10.8. The van der Waals surface area contributed by atoms with Crippen LogP contribution in [-0.2, 0) is 35.2 Å². The van der Waals surface area contributed by atoms with Crippen molar-refractivity contribution in [1.82, 2.24) is 0 Å². The summed E-state index contributed by atoms with van der Waals surface area (Å²) in [6.45, 7) is 19.9. The van der Waals surface area contributed by atoms with E-state index in [4.69, 9.17) is 0 Å². The molecule has 20 rings (SSSR count). The fourth-order valence-electron chi connectivity index (χ4n) is 21.6.